The van der Waals surface area contributed by atoms with Gasteiger partial charge < -0.3 is 9.84 Å². The molecule has 0 aliphatic carbocycles. The quantitative estimate of drug-likeness (QED) is 0.715. The lowest BCUT2D eigenvalue weighted by Gasteiger charge is -2.06. The third-order valence-electron chi connectivity index (χ3n) is 3.58. The first-order valence-electron chi connectivity index (χ1n) is 7.71. The van der Waals surface area contributed by atoms with E-state index in [1.54, 1.807) is 12.1 Å². The topological polar surface area (TPSA) is 46.5 Å². The van der Waals surface area contributed by atoms with Gasteiger partial charge in [0, 0.05) is 6.61 Å². The fourth-order valence-corrected chi connectivity index (χ4v) is 2.24. The number of unbranched alkanes of at least 4 members (excludes halogenated alkanes) is 2. The van der Waals surface area contributed by atoms with Crippen LogP contribution in [0.2, 0.25) is 0 Å². The van der Waals surface area contributed by atoms with Crippen molar-refractivity contribution in [3.8, 4) is 11.1 Å². The summed E-state index contributed by atoms with van der Waals surface area (Å²) in [7, 11) is 0. The molecule has 0 fully saturated rings. The first kappa shape index (κ1) is 16.2. The van der Waals surface area contributed by atoms with Gasteiger partial charge in [-0.05, 0) is 35.2 Å². The van der Waals surface area contributed by atoms with Crippen LogP contribution in [0.4, 0.5) is 0 Å². The molecule has 0 radical (unpaired) electrons. The number of carboxylic acids is 1. The number of aromatic carboxylic acids is 1. The summed E-state index contributed by atoms with van der Waals surface area (Å²) in [6.45, 7) is 3.63. The van der Waals surface area contributed by atoms with Crippen LogP contribution in [0, 0.1) is 0 Å². The summed E-state index contributed by atoms with van der Waals surface area (Å²) in [6.07, 6.45) is 3.54. The second-order valence-corrected chi connectivity index (χ2v) is 5.34. The predicted molar refractivity (Wildman–Crippen MR) is 88.0 cm³/mol. The number of rotatable bonds is 8. The maximum atomic E-state index is 10.8. The van der Waals surface area contributed by atoms with Crippen molar-refractivity contribution in [2.75, 3.05) is 6.61 Å². The summed E-state index contributed by atoms with van der Waals surface area (Å²) in [6, 6.07) is 15.1. The number of carboxylic acid groups (broad SMARTS) is 1. The lowest BCUT2D eigenvalue weighted by molar-refractivity contribution is 0.0697. The van der Waals surface area contributed by atoms with Crippen LogP contribution in [-0.4, -0.2) is 17.7 Å². The molecule has 0 amide bonds. The predicted octanol–water partition coefficient (Wildman–Crippen LogP) is 4.76. The lowest BCUT2D eigenvalue weighted by atomic mass is 10.0. The largest absolute Gasteiger partial charge is 0.478 e. The SMILES string of the molecule is CCCCCOCc1ccc(-c2ccc(C(=O)O)cc2)cc1. The van der Waals surface area contributed by atoms with Crippen molar-refractivity contribution in [2.45, 2.75) is 32.8 Å². The molecule has 0 bridgehead atoms. The molecule has 2 aromatic carbocycles. The van der Waals surface area contributed by atoms with Crippen LogP contribution >= 0.6 is 0 Å². The molecule has 0 aliphatic heterocycles. The molecule has 0 saturated heterocycles. The Morgan fingerprint density at radius 2 is 1.55 bits per heavy atom. The Hall–Kier alpha value is -2.13. The Kier molecular flexibility index (Phi) is 6.16. The molecule has 3 nitrogen and oxygen atoms in total. The summed E-state index contributed by atoms with van der Waals surface area (Å²) in [4.78, 5) is 10.8. The number of benzene rings is 2. The zero-order chi connectivity index (χ0) is 15.8. The van der Waals surface area contributed by atoms with Gasteiger partial charge in [0.2, 0.25) is 0 Å². The fourth-order valence-electron chi connectivity index (χ4n) is 2.24. The highest BCUT2D eigenvalue weighted by molar-refractivity contribution is 5.88. The molecular formula is C19H22O3. The number of ether oxygens (including phenoxy) is 1. The molecule has 0 aliphatic rings. The Bertz CT molecular complexity index is 585. The van der Waals surface area contributed by atoms with E-state index in [0.29, 0.717) is 12.2 Å². The normalized spacial score (nSPS) is 10.6. The van der Waals surface area contributed by atoms with Crippen molar-refractivity contribution >= 4 is 5.97 Å². The second kappa shape index (κ2) is 8.35. The summed E-state index contributed by atoms with van der Waals surface area (Å²) < 4.78 is 5.64. The molecule has 0 spiro atoms. The van der Waals surface area contributed by atoms with E-state index in [2.05, 4.69) is 19.1 Å². The molecule has 0 aromatic heterocycles. The number of carbonyl (C=O) groups is 1. The van der Waals surface area contributed by atoms with Crippen LogP contribution in [0.25, 0.3) is 11.1 Å². The number of hydrogen-bond acceptors (Lipinski definition) is 2. The van der Waals surface area contributed by atoms with Crippen LogP contribution in [-0.2, 0) is 11.3 Å². The molecule has 0 heterocycles. The van der Waals surface area contributed by atoms with E-state index < -0.39 is 5.97 Å². The van der Waals surface area contributed by atoms with Crippen molar-refractivity contribution in [3.05, 3.63) is 59.7 Å². The zero-order valence-corrected chi connectivity index (χ0v) is 12.9. The van der Waals surface area contributed by atoms with Crippen molar-refractivity contribution in [2.24, 2.45) is 0 Å². The minimum atomic E-state index is -0.901. The molecule has 116 valence electrons. The maximum Gasteiger partial charge on any atom is 0.335 e. The van der Waals surface area contributed by atoms with Gasteiger partial charge in [0.15, 0.2) is 0 Å². The van der Waals surface area contributed by atoms with E-state index in [4.69, 9.17) is 9.84 Å². The zero-order valence-electron chi connectivity index (χ0n) is 12.9. The van der Waals surface area contributed by atoms with Crippen molar-refractivity contribution in [1.82, 2.24) is 0 Å². The highest BCUT2D eigenvalue weighted by Gasteiger charge is 2.03. The number of hydrogen-bond donors (Lipinski definition) is 1. The summed E-state index contributed by atoms with van der Waals surface area (Å²) in [5.41, 5.74) is 3.55. The lowest BCUT2D eigenvalue weighted by Crippen LogP contribution is -1.96. The van der Waals surface area contributed by atoms with Crippen LogP contribution < -0.4 is 0 Å². The van der Waals surface area contributed by atoms with Crippen LogP contribution in [0.15, 0.2) is 48.5 Å². The average molecular weight is 298 g/mol. The Labute approximate surface area is 131 Å². The van der Waals surface area contributed by atoms with E-state index in [9.17, 15) is 4.79 Å². The molecule has 0 unspecified atom stereocenters. The van der Waals surface area contributed by atoms with E-state index in [1.165, 1.54) is 12.8 Å². The highest BCUT2D eigenvalue weighted by Crippen LogP contribution is 2.20. The Morgan fingerprint density at radius 1 is 0.955 bits per heavy atom. The minimum absolute atomic E-state index is 0.306. The summed E-state index contributed by atoms with van der Waals surface area (Å²) in [5, 5.41) is 8.91. The highest BCUT2D eigenvalue weighted by atomic mass is 16.5. The van der Waals surface area contributed by atoms with Gasteiger partial charge >= 0.3 is 5.97 Å². The summed E-state index contributed by atoms with van der Waals surface area (Å²) >= 11 is 0. The van der Waals surface area contributed by atoms with Gasteiger partial charge in [-0.25, -0.2) is 4.79 Å². The van der Waals surface area contributed by atoms with Crippen molar-refractivity contribution in [3.63, 3.8) is 0 Å². The van der Waals surface area contributed by atoms with Gasteiger partial charge in [0.05, 0.1) is 12.2 Å². The smallest absolute Gasteiger partial charge is 0.335 e. The van der Waals surface area contributed by atoms with Gasteiger partial charge in [-0.2, -0.15) is 0 Å². The van der Waals surface area contributed by atoms with E-state index in [0.717, 1.165) is 29.7 Å². The molecule has 2 rings (SSSR count). The van der Waals surface area contributed by atoms with Gasteiger partial charge in [-0.15, -0.1) is 0 Å². The van der Waals surface area contributed by atoms with Crippen LogP contribution in [0.5, 0.6) is 0 Å². The van der Waals surface area contributed by atoms with Crippen molar-refractivity contribution < 1.29 is 14.6 Å². The fraction of sp³-hybridized carbons (Fsp3) is 0.316. The minimum Gasteiger partial charge on any atom is -0.478 e. The molecule has 22 heavy (non-hydrogen) atoms. The summed E-state index contributed by atoms with van der Waals surface area (Å²) in [5.74, 6) is -0.901. The van der Waals surface area contributed by atoms with E-state index in [1.807, 2.05) is 24.3 Å². The van der Waals surface area contributed by atoms with E-state index >= 15 is 0 Å². The van der Waals surface area contributed by atoms with Gasteiger partial charge in [-0.3, -0.25) is 0 Å². The molecular weight excluding hydrogens is 276 g/mol. The first-order chi connectivity index (χ1) is 10.7. The Morgan fingerprint density at radius 3 is 2.09 bits per heavy atom. The van der Waals surface area contributed by atoms with Crippen LogP contribution in [0.1, 0.15) is 42.1 Å². The van der Waals surface area contributed by atoms with E-state index in [-0.39, 0.29) is 0 Å². The second-order valence-electron chi connectivity index (χ2n) is 5.34. The first-order valence-corrected chi connectivity index (χ1v) is 7.71. The molecule has 0 saturated carbocycles. The monoisotopic (exact) mass is 298 g/mol. The third kappa shape index (κ3) is 4.71. The molecule has 0 atom stereocenters. The average Bonchev–Trinajstić information content (AvgIpc) is 2.55. The molecule has 1 N–H and O–H groups in total. The molecule has 2 aromatic rings. The molecule has 3 heteroatoms. The van der Waals surface area contributed by atoms with Gasteiger partial charge in [0.1, 0.15) is 0 Å². The van der Waals surface area contributed by atoms with Gasteiger partial charge in [0.25, 0.3) is 0 Å². The third-order valence-corrected chi connectivity index (χ3v) is 3.58. The van der Waals surface area contributed by atoms with Crippen molar-refractivity contribution in [1.29, 1.82) is 0 Å². The van der Waals surface area contributed by atoms with Gasteiger partial charge in [-0.1, -0.05) is 56.2 Å². The Balaban J connectivity index is 1.92. The van der Waals surface area contributed by atoms with Crippen LogP contribution in [0.3, 0.4) is 0 Å². The standard InChI is InChI=1S/C19H22O3/c1-2-3-4-13-22-14-15-5-7-16(8-6-15)17-9-11-18(12-10-17)19(20)21/h5-12H,2-4,13-14H2,1H3,(H,20,21). The maximum absolute atomic E-state index is 10.8.